The third kappa shape index (κ3) is 2.91. The minimum Gasteiger partial charge on any atom is -0.376 e. The van der Waals surface area contributed by atoms with Crippen LogP contribution >= 0.6 is 0 Å². The van der Waals surface area contributed by atoms with E-state index in [0.29, 0.717) is 18.7 Å². The number of morpholine rings is 1. The van der Waals surface area contributed by atoms with Crippen molar-refractivity contribution in [3.8, 4) is 0 Å². The van der Waals surface area contributed by atoms with E-state index < -0.39 is 0 Å². The maximum Gasteiger partial charge on any atom is 0.0700 e. The average Bonchev–Trinajstić information content (AvgIpc) is 2.42. The van der Waals surface area contributed by atoms with Crippen LogP contribution in [0.4, 0.5) is 0 Å². The standard InChI is InChI=1S/C15H24N2O/c1-3-13-11-17(8-9-18-13)15(10-16)14-7-5-4-6-12(14)2/h4-7,13,15H,3,8-11,16H2,1-2H3. The molecule has 2 atom stereocenters. The largest absolute Gasteiger partial charge is 0.376 e. The van der Waals surface area contributed by atoms with Gasteiger partial charge in [-0.2, -0.15) is 0 Å². The fourth-order valence-corrected chi connectivity index (χ4v) is 2.71. The van der Waals surface area contributed by atoms with E-state index in [-0.39, 0.29) is 0 Å². The Hall–Kier alpha value is -0.900. The first-order valence-electron chi connectivity index (χ1n) is 6.87. The predicted octanol–water partition coefficient (Wildman–Crippen LogP) is 2.11. The molecule has 1 heterocycles. The molecule has 2 unspecified atom stereocenters. The van der Waals surface area contributed by atoms with Gasteiger partial charge in [0.2, 0.25) is 0 Å². The van der Waals surface area contributed by atoms with Gasteiger partial charge >= 0.3 is 0 Å². The molecular weight excluding hydrogens is 224 g/mol. The van der Waals surface area contributed by atoms with E-state index in [1.165, 1.54) is 11.1 Å². The molecule has 18 heavy (non-hydrogen) atoms. The molecule has 100 valence electrons. The average molecular weight is 248 g/mol. The molecule has 0 amide bonds. The molecule has 0 spiro atoms. The molecule has 0 bridgehead atoms. The lowest BCUT2D eigenvalue weighted by Crippen LogP contribution is -2.46. The molecule has 1 aliphatic rings. The van der Waals surface area contributed by atoms with Gasteiger partial charge in [0.25, 0.3) is 0 Å². The highest BCUT2D eigenvalue weighted by Gasteiger charge is 2.26. The van der Waals surface area contributed by atoms with Gasteiger partial charge in [-0.1, -0.05) is 31.2 Å². The van der Waals surface area contributed by atoms with Gasteiger partial charge in [-0.15, -0.1) is 0 Å². The topological polar surface area (TPSA) is 38.5 Å². The summed E-state index contributed by atoms with van der Waals surface area (Å²) in [5.74, 6) is 0. The molecule has 2 rings (SSSR count). The monoisotopic (exact) mass is 248 g/mol. The lowest BCUT2D eigenvalue weighted by molar-refractivity contribution is -0.0438. The maximum atomic E-state index is 6.01. The molecule has 0 aliphatic carbocycles. The summed E-state index contributed by atoms with van der Waals surface area (Å²) < 4.78 is 5.74. The van der Waals surface area contributed by atoms with Crippen molar-refractivity contribution in [2.75, 3.05) is 26.2 Å². The van der Waals surface area contributed by atoms with Crippen LogP contribution < -0.4 is 5.73 Å². The highest BCUT2D eigenvalue weighted by molar-refractivity contribution is 5.29. The van der Waals surface area contributed by atoms with Gasteiger partial charge in [0, 0.05) is 25.7 Å². The van der Waals surface area contributed by atoms with Crippen molar-refractivity contribution in [2.45, 2.75) is 32.4 Å². The van der Waals surface area contributed by atoms with E-state index >= 15 is 0 Å². The van der Waals surface area contributed by atoms with Crippen LogP contribution in [0.2, 0.25) is 0 Å². The first-order valence-corrected chi connectivity index (χ1v) is 6.87. The Kier molecular flexibility index (Phi) is 4.75. The van der Waals surface area contributed by atoms with Crippen LogP contribution in [0.25, 0.3) is 0 Å². The number of hydrogen-bond donors (Lipinski definition) is 1. The fraction of sp³-hybridized carbons (Fsp3) is 0.600. The first kappa shape index (κ1) is 13.5. The Balaban J connectivity index is 2.15. The summed E-state index contributed by atoms with van der Waals surface area (Å²) in [5, 5.41) is 0. The molecule has 1 aromatic rings. The molecule has 1 aromatic carbocycles. The summed E-state index contributed by atoms with van der Waals surface area (Å²) >= 11 is 0. The zero-order valence-corrected chi connectivity index (χ0v) is 11.4. The molecule has 0 saturated carbocycles. The van der Waals surface area contributed by atoms with Crippen LogP contribution in [0.3, 0.4) is 0 Å². The number of hydrogen-bond acceptors (Lipinski definition) is 3. The number of nitrogens with zero attached hydrogens (tertiary/aromatic N) is 1. The number of benzene rings is 1. The molecule has 2 N–H and O–H groups in total. The van der Waals surface area contributed by atoms with Crippen LogP contribution in [-0.2, 0) is 4.74 Å². The summed E-state index contributed by atoms with van der Waals surface area (Å²) in [7, 11) is 0. The van der Waals surface area contributed by atoms with Gasteiger partial charge < -0.3 is 10.5 Å². The Morgan fingerprint density at radius 1 is 1.44 bits per heavy atom. The summed E-state index contributed by atoms with van der Waals surface area (Å²) in [4.78, 5) is 2.47. The molecule has 1 aliphatic heterocycles. The van der Waals surface area contributed by atoms with Gasteiger partial charge in [0.15, 0.2) is 0 Å². The smallest absolute Gasteiger partial charge is 0.0700 e. The first-order chi connectivity index (χ1) is 8.76. The molecule has 3 nitrogen and oxygen atoms in total. The lowest BCUT2D eigenvalue weighted by atomic mass is 9.99. The fourth-order valence-electron chi connectivity index (χ4n) is 2.71. The molecule has 3 heteroatoms. The predicted molar refractivity (Wildman–Crippen MR) is 74.6 cm³/mol. The normalized spacial score (nSPS) is 22.9. The number of nitrogens with two attached hydrogens (primary N) is 1. The summed E-state index contributed by atoms with van der Waals surface area (Å²) in [5.41, 5.74) is 8.69. The highest BCUT2D eigenvalue weighted by atomic mass is 16.5. The van der Waals surface area contributed by atoms with Gasteiger partial charge in [0.05, 0.1) is 12.7 Å². The zero-order chi connectivity index (χ0) is 13.0. The van der Waals surface area contributed by atoms with E-state index in [1.807, 2.05) is 0 Å². The van der Waals surface area contributed by atoms with Crippen molar-refractivity contribution < 1.29 is 4.74 Å². The Morgan fingerprint density at radius 2 is 2.22 bits per heavy atom. The van der Waals surface area contributed by atoms with Crippen LogP contribution in [0.1, 0.15) is 30.5 Å². The summed E-state index contributed by atoms with van der Waals surface area (Å²) in [6, 6.07) is 8.87. The molecule has 0 aromatic heterocycles. The van der Waals surface area contributed by atoms with Gasteiger partial charge in [-0.3, -0.25) is 4.90 Å². The Labute approximate surface area is 110 Å². The second-order valence-electron chi connectivity index (χ2n) is 5.00. The highest BCUT2D eigenvalue weighted by Crippen LogP contribution is 2.25. The number of ether oxygens (including phenoxy) is 1. The van der Waals surface area contributed by atoms with Crippen molar-refractivity contribution in [3.05, 3.63) is 35.4 Å². The third-order valence-corrected chi connectivity index (χ3v) is 3.84. The van der Waals surface area contributed by atoms with Crippen molar-refractivity contribution in [3.63, 3.8) is 0 Å². The molecule has 1 fully saturated rings. The van der Waals surface area contributed by atoms with Gasteiger partial charge in [0.1, 0.15) is 0 Å². The van der Waals surface area contributed by atoms with Gasteiger partial charge in [-0.05, 0) is 24.5 Å². The van der Waals surface area contributed by atoms with Crippen molar-refractivity contribution in [1.29, 1.82) is 0 Å². The van der Waals surface area contributed by atoms with Crippen molar-refractivity contribution >= 4 is 0 Å². The number of aryl methyl sites for hydroxylation is 1. The van der Waals surface area contributed by atoms with E-state index in [9.17, 15) is 0 Å². The number of rotatable bonds is 4. The SMILES string of the molecule is CCC1CN(C(CN)c2ccccc2C)CCO1. The second kappa shape index (κ2) is 6.32. The maximum absolute atomic E-state index is 6.01. The second-order valence-corrected chi connectivity index (χ2v) is 5.00. The van der Waals surface area contributed by atoms with Crippen LogP contribution in [0.15, 0.2) is 24.3 Å². The molecular formula is C15H24N2O. The molecule has 0 radical (unpaired) electrons. The van der Waals surface area contributed by atoms with Crippen LogP contribution in [-0.4, -0.2) is 37.2 Å². The quantitative estimate of drug-likeness (QED) is 0.887. The van der Waals surface area contributed by atoms with Gasteiger partial charge in [-0.25, -0.2) is 0 Å². The van der Waals surface area contributed by atoms with E-state index in [1.54, 1.807) is 0 Å². The Bertz CT molecular complexity index is 381. The van der Waals surface area contributed by atoms with Crippen molar-refractivity contribution in [1.82, 2.24) is 4.90 Å². The minimum atomic E-state index is 0.323. The van der Waals surface area contributed by atoms with Crippen molar-refractivity contribution in [2.24, 2.45) is 5.73 Å². The molecule has 1 saturated heterocycles. The van der Waals surface area contributed by atoms with E-state index in [0.717, 1.165) is 26.1 Å². The third-order valence-electron chi connectivity index (χ3n) is 3.84. The van der Waals surface area contributed by atoms with Crippen LogP contribution in [0, 0.1) is 6.92 Å². The summed E-state index contributed by atoms with van der Waals surface area (Å²) in [6.07, 6.45) is 1.43. The zero-order valence-electron chi connectivity index (χ0n) is 11.4. The van der Waals surface area contributed by atoms with Crippen LogP contribution in [0.5, 0.6) is 0 Å². The summed E-state index contributed by atoms with van der Waals surface area (Å²) in [6.45, 7) is 7.80. The lowest BCUT2D eigenvalue weighted by Gasteiger charge is -2.38. The van der Waals surface area contributed by atoms with E-state index in [2.05, 4.69) is 43.0 Å². The Morgan fingerprint density at radius 3 is 2.89 bits per heavy atom. The van der Waals surface area contributed by atoms with E-state index in [4.69, 9.17) is 10.5 Å². The minimum absolute atomic E-state index is 0.323.